The lowest BCUT2D eigenvalue weighted by Crippen LogP contribution is -2.14. The van der Waals surface area contributed by atoms with Gasteiger partial charge in [0.1, 0.15) is 0 Å². The Kier molecular flexibility index (Phi) is 4.00. The number of alkyl halides is 3. The fourth-order valence-electron chi connectivity index (χ4n) is 0.597. The monoisotopic (exact) mass is 168 g/mol. The van der Waals surface area contributed by atoms with Crippen molar-refractivity contribution in [2.24, 2.45) is 0 Å². The Morgan fingerprint density at radius 2 is 1.91 bits per heavy atom. The molecule has 4 heteroatoms. The molecule has 0 saturated carbocycles. The van der Waals surface area contributed by atoms with E-state index < -0.39 is 11.9 Å². The van der Waals surface area contributed by atoms with Crippen LogP contribution in [0.25, 0.3) is 0 Å². The molecular formula is C7H11F3O. The van der Waals surface area contributed by atoms with Gasteiger partial charge in [0, 0.05) is 0 Å². The van der Waals surface area contributed by atoms with E-state index in [9.17, 15) is 13.2 Å². The fraction of sp³-hybridized carbons (Fsp3) is 0.714. The van der Waals surface area contributed by atoms with Crippen molar-refractivity contribution in [1.29, 1.82) is 0 Å². The highest BCUT2D eigenvalue weighted by Crippen LogP contribution is 2.26. The van der Waals surface area contributed by atoms with Gasteiger partial charge in [0.25, 0.3) is 0 Å². The third-order valence-corrected chi connectivity index (χ3v) is 0.969. The summed E-state index contributed by atoms with van der Waals surface area (Å²) < 4.78 is 40.1. The normalized spacial score (nSPS) is 13.4. The van der Waals surface area contributed by atoms with Crippen molar-refractivity contribution in [3.8, 4) is 0 Å². The van der Waals surface area contributed by atoms with Crippen LogP contribution in [0.2, 0.25) is 0 Å². The van der Waals surface area contributed by atoms with Crippen molar-refractivity contribution in [2.45, 2.75) is 26.4 Å². The van der Waals surface area contributed by atoms with E-state index in [2.05, 4.69) is 4.74 Å². The highest BCUT2D eigenvalue weighted by Gasteiger charge is 2.34. The van der Waals surface area contributed by atoms with Crippen LogP contribution in [0.1, 0.15) is 20.3 Å². The Balaban J connectivity index is 4.22. The third kappa shape index (κ3) is 3.91. The summed E-state index contributed by atoms with van der Waals surface area (Å²) in [7, 11) is 0. The van der Waals surface area contributed by atoms with E-state index in [1.165, 1.54) is 6.92 Å². The van der Waals surface area contributed by atoms with Gasteiger partial charge in [0.15, 0.2) is 5.76 Å². The SMILES string of the molecule is CC/C=C(\OCC)C(F)(F)F. The van der Waals surface area contributed by atoms with Crippen molar-refractivity contribution < 1.29 is 17.9 Å². The second-order valence-electron chi connectivity index (χ2n) is 1.91. The molecule has 66 valence electrons. The standard InChI is InChI=1S/C7H11F3O/c1-3-5-6(11-4-2)7(8,9)10/h5H,3-4H2,1-2H3/b6-5-. The molecule has 0 spiro atoms. The van der Waals surface area contributed by atoms with Gasteiger partial charge in [-0.3, -0.25) is 0 Å². The summed E-state index contributed by atoms with van der Waals surface area (Å²) in [6, 6.07) is 0. The van der Waals surface area contributed by atoms with Crippen LogP contribution in [0.4, 0.5) is 13.2 Å². The van der Waals surface area contributed by atoms with E-state index in [1.54, 1.807) is 6.92 Å². The molecular weight excluding hydrogens is 157 g/mol. The molecule has 0 unspecified atom stereocenters. The number of rotatable bonds is 3. The molecule has 0 saturated heterocycles. The first-order valence-corrected chi connectivity index (χ1v) is 3.42. The molecule has 0 heterocycles. The molecule has 0 bridgehead atoms. The average molecular weight is 168 g/mol. The molecule has 0 radical (unpaired) electrons. The Morgan fingerprint density at radius 3 is 2.18 bits per heavy atom. The zero-order valence-corrected chi connectivity index (χ0v) is 6.53. The summed E-state index contributed by atoms with van der Waals surface area (Å²) in [6.07, 6.45) is -2.98. The fourth-order valence-corrected chi connectivity index (χ4v) is 0.597. The van der Waals surface area contributed by atoms with Gasteiger partial charge in [-0.2, -0.15) is 13.2 Å². The Labute approximate surface area is 63.8 Å². The first-order valence-electron chi connectivity index (χ1n) is 3.42. The van der Waals surface area contributed by atoms with Gasteiger partial charge in [0.2, 0.25) is 0 Å². The van der Waals surface area contributed by atoms with Gasteiger partial charge in [-0.25, -0.2) is 0 Å². The molecule has 0 aliphatic rings. The molecule has 0 fully saturated rings. The summed E-state index contributed by atoms with van der Waals surface area (Å²) >= 11 is 0. The van der Waals surface area contributed by atoms with E-state index >= 15 is 0 Å². The van der Waals surface area contributed by atoms with Gasteiger partial charge in [0.05, 0.1) is 6.61 Å². The van der Waals surface area contributed by atoms with Crippen LogP contribution in [0, 0.1) is 0 Å². The Hall–Kier alpha value is -0.670. The van der Waals surface area contributed by atoms with E-state index in [0.717, 1.165) is 6.08 Å². The van der Waals surface area contributed by atoms with Crippen LogP contribution in [-0.2, 0) is 4.74 Å². The van der Waals surface area contributed by atoms with E-state index in [0.29, 0.717) is 6.42 Å². The van der Waals surface area contributed by atoms with Crippen molar-refractivity contribution in [3.63, 3.8) is 0 Å². The lowest BCUT2D eigenvalue weighted by atomic mass is 10.3. The first-order chi connectivity index (χ1) is 5.02. The number of allylic oxidation sites excluding steroid dienone is 2. The van der Waals surface area contributed by atoms with Crippen molar-refractivity contribution in [2.75, 3.05) is 6.61 Å². The second kappa shape index (κ2) is 4.26. The largest absolute Gasteiger partial charge is 0.489 e. The number of hydrogen-bond donors (Lipinski definition) is 0. The molecule has 0 aliphatic heterocycles. The maximum Gasteiger partial charge on any atom is 0.448 e. The van der Waals surface area contributed by atoms with Crippen LogP contribution >= 0.6 is 0 Å². The zero-order valence-electron chi connectivity index (χ0n) is 6.53. The molecule has 0 N–H and O–H groups in total. The Bertz CT molecular complexity index is 137. The maximum atomic E-state index is 11.9. The molecule has 0 amide bonds. The van der Waals surface area contributed by atoms with Crippen molar-refractivity contribution in [1.82, 2.24) is 0 Å². The van der Waals surface area contributed by atoms with E-state index in [4.69, 9.17) is 0 Å². The summed E-state index contributed by atoms with van der Waals surface area (Å²) in [5, 5.41) is 0. The first kappa shape index (κ1) is 10.3. The van der Waals surface area contributed by atoms with Crippen LogP contribution in [0.3, 0.4) is 0 Å². The molecule has 0 atom stereocenters. The van der Waals surface area contributed by atoms with Crippen LogP contribution in [0.15, 0.2) is 11.8 Å². The zero-order chi connectivity index (χ0) is 8.91. The second-order valence-corrected chi connectivity index (χ2v) is 1.91. The van der Waals surface area contributed by atoms with Gasteiger partial charge in [-0.15, -0.1) is 0 Å². The van der Waals surface area contributed by atoms with E-state index in [-0.39, 0.29) is 6.61 Å². The molecule has 11 heavy (non-hydrogen) atoms. The van der Waals surface area contributed by atoms with Gasteiger partial charge in [-0.1, -0.05) is 6.92 Å². The number of ether oxygens (including phenoxy) is 1. The number of halogens is 3. The van der Waals surface area contributed by atoms with Crippen LogP contribution < -0.4 is 0 Å². The summed E-state index contributed by atoms with van der Waals surface area (Å²) in [6.45, 7) is 3.20. The predicted octanol–water partition coefficient (Wildman–Crippen LogP) is 2.88. The van der Waals surface area contributed by atoms with Crippen LogP contribution in [-0.4, -0.2) is 12.8 Å². The van der Waals surface area contributed by atoms with Crippen molar-refractivity contribution in [3.05, 3.63) is 11.8 Å². The molecule has 0 rings (SSSR count). The molecule has 0 aromatic heterocycles. The minimum Gasteiger partial charge on any atom is -0.489 e. The van der Waals surface area contributed by atoms with Crippen molar-refractivity contribution >= 4 is 0 Å². The maximum absolute atomic E-state index is 11.9. The summed E-state index contributed by atoms with van der Waals surface area (Å²) in [5.41, 5.74) is 0. The Morgan fingerprint density at radius 1 is 1.36 bits per heavy atom. The number of hydrogen-bond acceptors (Lipinski definition) is 1. The van der Waals surface area contributed by atoms with E-state index in [1.807, 2.05) is 0 Å². The predicted molar refractivity (Wildman–Crippen MR) is 36.1 cm³/mol. The highest BCUT2D eigenvalue weighted by atomic mass is 19.4. The lowest BCUT2D eigenvalue weighted by Gasteiger charge is -2.11. The van der Waals surface area contributed by atoms with Gasteiger partial charge in [-0.05, 0) is 19.4 Å². The molecule has 1 nitrogen and oxygen atoms in total. The lowest BCUT2D eigenvalue weighted by molar-refractivity contribution is -0.130. The highest BCUT2D eigenvalue weighted by molar-refractivity contribution is 4.99. The quantitative estimate of drug-likeness (QED) is 0.589. The van der Waals surface area contributed by atoms with Gasteiger partial charge >= 0.3 is 6.18 Å². The average Bonchev–Trinajstić information content (AvgIpc) is 1.85. The minimum atomic E-state index is -4.34. The smallest absolute Gasteiger partial charge is 0.448 e. The topological polar surface area (TPSA) is 9.23 Å². The minimum absolute atomic E-state index is 0.0470. The molecule has 0 aromatic carbocycles. The van der Waals surface area contributed by atoms with Crippen LogP contribution in [0.5, 0.6) is 0 Å². The molecule has 0 aliphatic carbocycles. The summed E-state index contributed by atoms with van der Waals surface area (Å²) in [5.74, 6) is -0.887. The summed E-state index contributed by atoms with van der Waals surface area (Å²) in [4.78, 5) is 0. The third-order valence-electron chi connectivity index (χ3n) is 0.969. The molecule has 0 aromatic rings. The van der Waals surface area contributed by atoms with Gasteiger partial charge < -0.3 is 4.74 Å².